The third-order valence-electron chi connectivity index (χ3n) is 5.70. The first-order valence-electron chi connectivity index (χ1n) is 11.0. The van der Waals surface area contributed by atoms with Crippen molar-refractivity contribution in [2.45, 2.75) is 25.4 Å². The lowest BCUT2D eigenvalue weighted by Crippen LogP contribution is -2.46. The molecule has 2 amide bonds. The number of carbonyl (C=O) groups is 2. The van der Waals surface area contributed by atoms with Crippen molar-refractivity contribution >= 4 is 17.7 Å². The van der Waals surface area contributed by atoms with E-state index in [1.54, 1.807) is 11.8 Å². The molecule has 1 aliphatic rings. The third kappa shape index (κ3) is 4.75. The highest BCUT2D eigenvalue weighted by Gasteiger charge is 2.43. The second-order valence-corrected chi connectivity index (χ2v) is 7.81. The highest BCUT2D eigenvalue weighted by molar-refractivity contribution is 5.95. The number of esters is 1. The lowest BCUT2D eigenvalue weighted by atomic mass is 9.85. The Kier molecular flexibility index (Phi) is 6.74. The molecular weight excluding hydrogens is 414 g/mol. The molecular formula is C27H27N3O3. The van der Waals surface area contributed by atoms with Crippen molar-refractivity contribution in [2.75, 3.05) is 11.9 Å². The molecule has 6 nitrogen and oxygen atoms in total. The number of amides is 2. The predicted octanol–water partition coefficient (Wildman–Crippen LogP) is 5.18. The number of anilines is 1. The van der Waals surface area contributed by atoms with E-state index in [1.807, 2.05) is 91.0 Å². The molecule has 1 aliphatic heterocycles. The Bertz CT molecular complexity index is 1130. The molecule has 3 aromatic rings. The van der Waals surface area contributed by atoms with Crippen LogP contribution in [0.4, 0.5) is 10.5 Å². The number of nitrogens with one attached hydrogen (secondary N) is 1. The minimum Gasteiger partial charge on any atom is -0.463 e. The van der Waals surface area contributed by atoms with Gasteiger partial charge in [-0.2, -0.15) is 0 Å². The molecule has 0 bridgehead atoms. The molecule has 3 N–H and O–H groups in total. The lowest BCUT2D eigenvalue weighted by Gasteiger charge is -2.43. The molecule has 0 fully saturated rings. The van der Waals surface area contributed by atoms with Crippen LogP contribution < -0.4 is 11.1 Å². The van der Waals surface area contributed by atoms with Crippen LogP contribution >= 0.6 is 0 Å². The summed E-state index contributed by atoms with van der Waals surface area (Å²) in [7, 11) is 0. The molecule has 0 saturated heterocycles. The van der Waals surface area contributed by atoms with E-state index >= 15 is 0 Å². The molecule has 0 radical (unpaired) electrons. The van der Waals surface area contributed by atoms with E-state index in [-0.39, 0.29) is 18.7 Å². The van der Waals surface area contributed by atoms with Crippen LogP contribution in [0.5, 0.6) is 0 Å². The molecule has 6 heteroatoms. The van der Waals surface area contributed by atoms with Crippen molar-refractivity contribution < 1.29 is 14.3 Å². The average molecular weight is 442 g/mol. The van der Waals surface area contributed by atoms with Crippen molar-refractivity contribution in [3.63, 3.8) is 0 Å². The van der Waals surface area contributed by atoms with Gasteiger partial charge >= 0.3 is 12.0 Å². The fraction of sp³-hybridized carbons (Fsp3) is 0.185. The van der Waals surface area contributed by atoms with Crippen LogP contribution in [0, 0.1) is 0 Å². The second kappa shape index (κ2) is 10.0. The van der Waals surface area contributed by atoms with E-state index in [1.165, 1.54) is 0 Å². The van der Waals surface area contributed by atoms with Gasteiger partial charge in [-0.1, -0.05) is 78.9 Å². The first kappa shape index (κ1) is 22.1. The van der Waals surface area contributed by atoms with Crippen LogP contribution in [0.15, 0.2) is 102 Å². The summed E-state index contributed by atoms with van der Waals surface area (Å²) in [4.78, 5) is 28.5. The molecule has 0 aliphatic carbocycles. The summed E-state index contributed by atoms with van der Waals surface area (Å²) in [5.74, 6) is -0.507. The Morgan fingerprint density at radius 3 is 2.03 bits per heavy atom. The average Bonchev–Trinajstić information content (AvgIpc) is 2.85. The van der Waals surface area contributed by atoms with Gasteiger partial charge in [-0.05, 0) is 30.2 Å². The highest BCUT2D eigenvalue weighted by atomic mass is 16.5. The summed E-state index contributed by atoms with van der Waals surface area (Å²) < 4.78 is 5.36. The number of hydrogen-bond acceptors (Lipinski definition) is 4. The number of benzene rings is 3. The fourth-order valence-corrected chi connectivity index (χ4v) is 4.25. The molecule has 3 aromatic carbocycles. The Morgan fingerprint density at radius 2 is 1.45 bits per heavy atom. The number of nitrogens with two attached hydrogens (primary N) is 1. The van der Waals surface area contributed by atoms with Gasteiger partial charge in [0.05, 0.1) is 24.3 Å². The monoisotopic (exact) mass is 441 g/mol. The van der Waals surface area contributed by atoms with Crippen molar-refractivity contribution in [2.24, 2.45) is 5.73 Å². The van der Waals surface area contributed by atoms with Gasteiger partial charge in [-0.25, -0.2) is 9.59 Å². The summed E-state index contributed by atoms with van der Waals surface area (Å²) in [6.07, 6.45) is 0.323. The number of carbonyl (C=O) groups excluding carboxylic acids is 2. The molecule has 33 heavy (non-hydrogen) atoms. The van der Waals surface area contributed by atoms with Crippen LogP contribution in [0.2, 0.25) is 0 Å². The van der Waals surface area contributed by atoms with E-state index in [0.717, 1.165) is 11.1 Å². The Balaban J connectivity index is 1.86. The summed E-state index contributed by atoms with van der Waals surface area (Å²) in [6, 6.07) is 27.1. The van der Waals surface area contributed by atoms with E-state index in [2.05, 4.69) is 5.32 Å². The van der Waals surface area contributed by atoms with Gasteiger partial charge < -0.3 is 20.7 Å². The summed E-state index contributed by atoms with van der Waals surface area (Å²) in [5.41, 5.74) is 9.63. The van der Waals surface area contributed by atoms with Crippen LogP contribution in [-0.4, -0.2) is 23.5 Å². The summed E-state index contributed by atoms with van der Waals surface area (Å²) >= 11 is 0. The maximum absolute atomic E-state index is 13.8. The van der Waals surface area contributed by atoms with E-state index in [9.17, 15) is 9.59 Å². The van der Waals surface area contributed by atoms with E-state index in [0.29, 0.717) is 23.4 Å². The van der Waals surface area contributed by atoms with E-state index in [4.69, 9.17) is 10.5 Å². The van der Waals surface area contributed by atoms with Gasteiger partial charge in [0, 0.05) is 17.8 Å². The van der Waals surface area contributed by atoms with E-state index < -0.39 is 12.0 Å². The molecule has 0 unspecified atom stereocenters. The van der Waals surface area contributed by atoms with Gasteiger partial charge in [0.25, 0.3) is 0 Å². The van der Waals surface area contributed by atoms with Crippen molar-refractivity contribution in [3.05, 3.63) is 113 Å². The molecule has 168 valence electrons. The first-order chi connectivity index (χ1) is 16.1. The zero-order valence-electron chi connectivity index (χ0n) is 18.5. The first-order valence-corrected chi connectivity index (χ1v) is 11.0. The zero-order valence-corrected chi connectivity index (χ0v) is 18.5. The zero-order chi connectivity index (χ0) is 23.2. The molecule has 1 heterocycles. The molecule has 0 saturated carbocycles. The van der Waals surface area contributed by atoms with Gasteiger partial charge in [0.15, 0.2) is 0 Å². The molecule has 2 atom stereocenters. The molecule has 0 aromatic heterocycles. The SMILES string of the molecule is CCOC(=O)C1=C(N)C[C@@H](c2ccccc2)N(C(=O)Nc2ccccc2)[C@@H]1c1ccccc1. The Labute approximate surface area is 193 Å². The normalized spacial score (nSPS) is 18.0. The van der Waals surface area contributed by atoms with Gasteiger partial charge in [-0.3, -0.25) is 0 Å². The quantitative estimate of drug-likeness (QED) is 0.534. The van der Waals surface area contributed by atoms with Crippen LogP contribution in [0.1, 0.15) is 36.6 Å². The molecule has 4 rings (SSSR count). The number of nitrogens with zero attached hydrogens (tertiary/aromatic N) is 1. The Hall–Kier alpha value is -4.06. The molecule has 0 spiro atoms. The van der Waals surface area contributed by atoms with Gasteiger partial charge in [0.1, 0.15) is 0 Å². The van der Waals surface area contributed by atoms with Gasteiger partial charge in [0.2, 0.25) is 0 Å². The van der Waals surface area contributed by atoms with Crippen LogP contribution in [0.25, 0.3) is 0 Å². The maximum atomic E-state index is 13.8. The predicted molar refractivity (Wildman–Crippen MR) is 128 cm³/mol. The smallest absolute Gasteiger partial charge is 0.338 e. The van der Waals surface area contributed by atoms with Crippen molar-refractivity contribution in [1.29, 1.82) is 0 Å². The summed E-state index contributed by atoms with van der Waals surface area (Å²) in [6.45, 7) is 1.97. The third-order valence-corrected chi connectivity index (χ3v) is 5.70. The lowest BCUT2D eigenvalue weighted by molar-refractivity contribution is -0.139. The second-order valence-electron chi connectivity index (χ2n) is 7.81. The highest BCUT2D eigenvalue weighted by Crippen LogP contribution is 2.44. The number of rotatable bonds is 5. The topological polar surface area (TPSA) is 84.7 Å². The van der Waals surface area contributed by atoms with Crippen LogP contribution in [-0.2, 0) is 9.53 Å². The fourth-order valence-electron chi connectivity index (χ4n) is 4.25. The maximum Gasteiger partial charge on any atom is 0.338 e. The number of para-hydroxylation sites is 1. The largest absolute Gasteiger partial charge is 0.463 e. The van der Waals surface area contributed by atoms with Gasteiger partial charge in [-0.15, -0.1) is 0 Å². The minimum atomic E-state index is -0.701. The van der Waals surface area contributed by atoms with Crippen molar-refractivity contribution in [1.82, 2.24) is 4.90 Å². The number of urea groups is 1. The minimum absolute atomic E-state index is 0.218. The Morgan fingerprint density at radius 1 is 0.909 bits per heavy atom. The van der Waals surface area contributed by atoms with Crippen molar-refractivity contribution in [3.8, 4) is 0 Å². The summed E-state index contributed by atoms with van der Waals surface area (Å²) in [5, 5.41) is 2.99. The number of hydrogen-bond donors (Lipinski definition) is 2. The number of ether oxygens (including phenoxy) is 1. The standard InChI is InChI=1S/C27H27N3O3/c1-2-33-26(31)24-22(28)18-23(19-12-6-3-7-13-19)30(25(24)20-14-8-4-9-15-20)27(32)29-21-16-10-5-11-17-21/h3-17,23,25H,2,18,28H2,1H3,(H,29,32)/t23-,25+/m0/s1. The van der Waals surface area contributed by atoms with Crippen LogP contribution in [0.3, 0.4) is 0 Å².